The second-order valence-corrected chi connectivity index (χ2v) is 19.6. The Kier molecular flexibility index (Phi) is 27.5. The first-order valence-corrected chi connectivity index (χ1v) is 24.3. The smallest absolute Gasteiger partial charge is 0.407 e. The van der Waals surface area contributed by atoms with Gasteiger partial charge in [0.15, 0.2) is 0 Å². The third kappa shape index (κ3) is 27.6. The molecule has 22 nitrogen and oxygen atoms in total. The highest BCUT2D eigenvalue weighted by Gasteiger charge is 2.29. The van der Waals surface area contributed by atoms with Gasteiger partial charge >= 0.3 is 36.3 Å². The van der Waals surface area contributed by atoms with Gasteiger partial charge in [-0.1, -0.05) is 62.6 Å². The lowest BCUT2D eigenvalue weighted by Crippen LogP contribution is -2.55. The molecular weight excluding hydrogens is 914 g/mol. The number of rotatable bonds is 28. The highest BCUT2D eigenvalue weighted by atomic mass is 35.5. The van der Waals surface area contributed by atoms with Gasteiger partial charge in [-0.3, -0.25) is 0 Å². The molecule has 1 aromatic rings. The number of halogens is 1. The van der Waals surface area contributed by atoms with Crippen molar-refractivity contribution < 1.29 is 43.0 Å². The summed E-state index contributed by atoms with van der Waals surface area (Å²) in [6, 6.07) is 2.86. The lowest BCUT2D eigenvalue weighted by atomic mass is 10.0. The zero-order valence-corrected chi connectivity index (χ0v) is 42.5. The average molecular weight is 993 g/mol. The van der Waals surface area contributed by atoms with E-state index in [1.165, 1.54) is 6.92 Å². The van der Waals surface area contributed by atoms with Crippen molar-refractivity contribution in [3.8, 4) is 0 Å². The second-order valence-electron chi connectivity index (χ2n) is 19.2. The highest BCUT2D eigenvalue weighted by Crippen LogP contribution is 2.18. The van der Waals surface area contributed by atoms with Gasteiger partial charge in [0.2, 0.25) is 0 Å². The monoisotopic (exact) mass is 992 g/mol. The summed E-state index contributed by atoms with van der Waals surface area (Å²) in [5.41, 5.74) is 8.78. The van der Waals surface area contributed by atoms with Gasteiger partial charge in [0.25, 0.3) is 0 Å². The number of hydrogen-bond acceptors (Lipinski definition) is 10. The van der Waals surface area contributed by atoms with E-state index in [0.29, 0.717) is 62.2 Å². The quantitative estimate of drug-likeness (QED) is 0.0189. The van der Waals surface area contributed by atoms with Gasteiger partial charge < -0.3 is 67.0 Å². The molecule has 23 heteroatoms. The van der Waals surface area contributed by atoms with E-state index in [1.807, 2.05) is 27.7 Å². The van der Waals surface area contributed by atoms with E-state index in [4.69, 9.17) is 26.6 Å². The number of azide groups is 1. The third-order valence-electron chi connectivity index (χ3n) is 10.7. The molecule has 9 N–H and O–H groups in total. The van der Waals surface area contributed by atoms with Gasteiger partial charge in [0, 0.05) is 97.9 Å². The van der Waals surface area contributed by atoms with Crippen molar-refractivity contribution >= 4 is 53.7 Å². The number of ketones is 1. The number of benzene rings is 1. The molecule has 0 aliphatic carbocycles. The van der Waals surface area contributed by atoms with Gasteiger partial charge in [-0.05, 0) is 102 Å². The Morgan fingerprint density at radius 2 is 1.32 bits per heavy atom. The Balaban J connectivity index is 1.99. The molecule has 5 atom stereocenters. The van der Waals surface area contributed by atoms with Crippen LogP contribution in [-0.2, 0) is 20.9 Å². The molecule has 69 heavy (non-hydrogen) atoms. The SMILES string of the molecule is CC(=O)CC[C@@H](CNC(=O)N[C@H](CNC(=O)N[C@@H](CCCCNC(=O)OCc1ccccc1Cl)CNC(=O)N1CCC[C@H]1CN=[N+]=[N-])CC(C)C)NC(=O)NC[C@H](CC(C)C)NC(=O)OC(C)(C)C. The first-order chi connectivity index (χ1) is 32.6. The summed E-state index contributed by atoms with van der Waals surface area (Å²) in [5.74, 6) is 0.264. The minimum absolute atomic E-state index is 0.00317. The zero-order valence-electron chi connectivity index (χ0n) is 41.7. The molecule has 0 radical (unpaired) electrons. The molecule has 0 aromatic heterocycles. The molecule has 0 unspecified atom stereocenters. The lowest BCUT2D eigenvalue weighted by Gasteiger charge is -2.26. The number of carbonyl (C=O) groups is 7. The topological polar surface area (TPSA) is 298 Å². The predicted octanol–water partition coefficient (Wildman–Crippen LogP) is 6.58. The maximum atomic E-state index is 13.4. The number of urea groups is 4. The van der Waals surface area contributed by atoms with E-state index >= 15 is 0 Å². The van der Waals surface area contributed by atoms with Gasteiger partial charge in [-0.2, -0.15) is 0 Å². The van der Waals surface area contributed by atoms with Crippen molar-refractivity contribution in [1.29, 1.82) is 0 Å². The van der Waals surface area contributed by atoms with Crippen LogP contribution in [0.3, 0.4) is 0 Å². The minimum Gasteiger partial charge on any atom is -0.445 e. The second kappa shape index (κ2) is 32.0. The van der Waals surface area contributed by atoms with E-state index in [1.54, 1.807) is 49.9 Å². The van der Waals surface area contributed by atoms with Crippen LogP contribution in [0, 0.1) is 11.8 Å². The van der Waals surface area contributed by atoms with Crippen LogP contribution in [0.4, 0.5) is 28.8 Å². The molecule has 2 rings (SSSR count). The molecule has 10 amide bonds. The maximum absolute atomic E-state index is 13.4. The predicted molar refractivity (Wildman–Crippen MR) is 264 cm³/mol. The van der Waals surface area contributed by atoms with E-state index in [0.717, 1.165) is 6.42 Å². The summed E-state index contributed by atoms with van der Waals surface area (Å²) in [5, 5.41) is 29.6. The van der Waals surface area contributed by atoms with Gasteiger partial charge in [-0.15, -0.1) is 0 Å². The minimum atomic E-state index is -0.691. The van der Waals surface area contributed by atoms with Crippen LogP contribution < -0.4 is 47.9 Å². The summed E-state index contributed by atoms with van der Waals surface area (Å²) in [6.07, 6.45) is 3.36. The van der Waals surface area contributed by atoms with Crippen LogP contribution in [-0.4, -0.2) is 129 Å². The summed E-state index contributed by atoms with van der Waals surface area (Å²) < 4.78 is 10.7. The number of carbonyl (C=O) groups excluding carboxylic acids is 7. The fourth-order valence-corrected chi connectivity index (χ4v) is 7.63. The van der Waals surface area contributed by atoms with Crippen molar-refractivity contribution in [2.75, 3.05) is 45.8 Å². The standard InChI is InChI=1S/C46H78ClN13O9/c1-30(2)22-36(57-42(64)50-24-35(19-18-32(5)61)56-41(63)52-27-37(23-31(3)4)58-45(67)69-46(6,7)8)26-51-40(62)55-34(25-53-43(65)60-21-13-16-38(60)28-54-59-48)15-11-12-20-49-44(66)68-29-33-14-9-10-17-39(33)47/h9-10,14,17,30-31,34-38H,11-13,15-16,18-29H2,1-8H3,(H,49,66)(H,53,65)(H,58,67)(H2,50,57,64)(H2,51,55,62)(H2,52,56,63)/t34-,35-,36-,37-,38-/m0/s1. The van der Waals surface area contributed by atoms with Gasteiger partial charge in [0.1, 0.15) is 18.0 Å². The number of nitrogens with zero attached hydrogens (tertiary/aromatic N) is 4. The lowest BCUT2D eigenvalue weighted by molar-refractivity contribution is -0.117. The van der Waals surface area contributed by atoms with Crippen LogP contribution in [0.1, 0.15) is 119 Å². The van der Waals surface area contributed by atoms with E-state index in [2.05, 4.69) is 57.9 Å². The van der Waals surface area contributed by atoms with E-state index in [-0.39, 0.29) is 81.9 Å². The fourth-order valence-electron chi connectivity index (χ4n) is 7.44. The molecule has 0 saturated carbocycles. The molecule has 1 fully saturated rings. The average Bonchev–Trinajstić information content (AvgIpc) is 3.74. The number of hydrogen-bond donors (Lipinski definition) is 9. The first kappa shape index (κ1) is 59.2. The molecule has 1 aliphatic rings. The molecule has 1 aliphatic heterocycles. The Bertz CT molecular complexity index is 1840. The molecule has 0 spiro atoms. The van der Waals surface area contributed by atoms with Crippen molar-refractivity contribution in [2.24, 2.45) is 17.0 Å². The van der Waals surface area contributed by atoms with Crippen molar-refractivity contribution in [3.05, 3.63) is 45.3 Å². The van der Waals surface area contributed by atoms with Crippen LogP contribution in [0.15, 0.2) is 29.4 Å². The normalized spacial score (nSPS) is 15.1. The molecule has 0 bridgehead atoms. The largest absolute Gasteiger partial charge is 0.445 e. The summed E-state index contributed by atoms with van der Waals surface area (Å²) in [7, 11) is 0. The number of alkyl carbamates (subject to hydrolysis) is 2. The number of unbranched alkanes of at least 4 members (excludes halogenated alkanes) is 1. The molecule has 1 saturated heterocycles. The maximum Gasteiger partial charge on any atom is 0.407 e. The Hall–Kier alpha value is -5.89. The fraction of sp³-hybridized carbons (Fsp3) is 0.717. The molecule has 1 heterocycles. The van der Waals surface area contributed by atoms with Crippen LogP contribution in [0.5, 0.6) is 0 Å². The van der Waals surface area contributed by atoms with Crippen molar-refractivity contribution in [1.82, 2.24) is 52.8 Å². The number of amides is 10. The number of nitrogens with one attached hydrogen (secondary N) is 9. The molecule has 388 valence electrons. The summed E-state index contributed by atoms with van der Waals surface area (Å²) in [6.45, 7) is 15.9. The van der Waals surface area contributed by atoms with E-state index < -0.39 is 60.0 Å². The van der Waals surface area contributed by atoms with Crippen molar-refractivity contribution in [2.45, 2.75) is 156 Å². The highest BCUT2D eigenvalue weighted by molar-refractivity contribution is 6.31. The Morgan fingerprint density at radius 3 is 1.88 bits per heavy atom. The summed E-state index contributed by atoms with van der Waals surface area (Å²) >= 11 is 6.15. The first-order valence-electron chi connectivity index (χ1n) is 23.9. The third-order valence-corrected chi connectivity index (χ3v) is 11.0. The summed E-state index contributed by atoms with van der Waals surface area (Å²) in [4.78, 5) is 94.0. The van der Waals surface area contributed by atoms with Crippen LogP contribution in [0.2, 0.25) is 5.02 Å². The molecular formula is C46H78ClN13O9. The molecule has 1 aromatic carbocycles. The van der Waals surface area contributed by atoms with Gasteiger partial charge in [0.05, 0.1) is 0 Å². The number of likely N-dealkylation sites (tertiary alicyclic amines) is 1. The van der Waals surface area contributed by atoms with E-state index in [9.17, 15) is 33.6 Å². The van der Waals surface area contributed by atoms with Gasteiger partial charge in [-0.25, -0.2) is 28.8 Å². The van der Waals surface area contributed by atoms with Crippen LogP contribution >= 0.6 is 11.6 Å². The number of ether oxygens (including phenoxy) is 2. The Morgan fingerprint density at radius 1 is 0.768 bits per heavy atom. The van der Waals surface area contributed by atoms with Crippen molar-refractivity contribution in [3.63, 3.8) is 0 Å². The Labute approximate surface area is 412 Å². The zero-order chi connectivity index (χ0) is 51.4. The van der Waals surface area contributed by atoms with Crippen LogP contribution in [0.25, 0.3) is 10.4 Å². The number of Topliss-reactive ketones (excluding diaryl/α,β-unsaturated/α-hetero) is 1.